The first kappa shape index (κ1) is 21.6. The molecule has 28 heavy (non-hydrogen) atoms. The Morgan fingerprint density at radius 2 is 2.04 bits per heavy atom. The molecule has 0 bridgehead atoms. The van der Waals surface area contributed by atoms with E-state index >= 15 is 0 Å². The number of nitriles is 1. The standard InChI is InChI=1S/C21H20BrFN2O3/c1-27-10-2-9-25-21(26)17(13-24)11-16-5-8-20(19(22)12-16)28-14-15-3-6-18(23)7-4-15/h3-8,11-12H,2,9-10,14H2,1H3,(H,25,26)/b17-11+. The van der Waals surface area contributed by atoms with Crippen LogP contribution in [0.15, 0.2) is 52.5 Å². The van der Waals surface area contributed by atoms with Gasteiger partial charge in [-0.3, -0.25) is 4.79 Å². The molecule has 0 heterocycles. The molecule has 5 nitrogen and oxygen atoms in total. The summed E-state index contributed by atoms with van der Waals surface area (Å²) in [4.78, 5) is 12.1. The smallest absolute Gasteiger partial charge is 0.261 e. The Bertz CT molecular complexity index is 876. The monoisotopic (exact) mass is 446 g/mol. The summed E-state index contributed by atoms with van der Waals surface area (Å²) in [5, 5.41) is 11.9. The van der Waals surface area contributed by atoms with Crippen molar-refractivity contribution in [2.45, 2.75) is 13.0 Å². The van der Waals surface area contributed by atoms with Crippen LogP contribution in [-0.4, -0.2) is 26.2 Å². The molecule has 0 spiro atoms. The summed E-state index contributed by atoms with van der Waals surface area (Å²) in [6, 6.07) is 13.2. The third-order valence-corrected chi connectivity index (χ3v) is 4.37. The van der Waals surface area contributed by atoms with Crippen LogP contribution in [0.5, 0.6) is 5.75 Å². The highest BCUT2D eigenvalue weighted by Crippen LogP contribution is 2.27. The van der Waals surface area contributed by atoms with Gasteiger partial charge in [-0.25, -0.2) is 4.39 Å². The van der Waals surface area contributed by atoms with Crippen molar-refractivity contribution in [3.8, 4) is 11.8 Å². The zero-order valence-corrected chi connectivity index (χ0v) is 17.0. The molecule has 1 N–H and O–H groups in total. The van der Waals surface area contributed by atoms with E-state index in [2.05, 4.69) is 21.2 Å². The average molecular weight is 447 g/mol. The highest BCUT2D eigenvalue weighted by atomic mass is 79.9. The SMILES string of the molecule is COCCCNC(=O)/C(C#N)=C/c1ccc(OCc2ccc(F)cc2)c(Br)c1. The molecule has 0 saturated carbocycles. The predicted octanol–water partition coefficient (Wildman–Crippen LogP) is 4.23. The van der Waals surface area contributed by atoms with Crippen LogP contribution in [0.2, 0.25) is 0 Å². The Labute approximate surface area is 171 Å². The van der Waals surface area contributed by atoms with Gasteiger partial charge in [-0.15, -0.1) is 0 Å². The van der Waals surface area contributed by atoms with Crippen molar-refractivity contribution in [1.29, 1.82) is 5.26 Å². The Kier molecular flexibility index (Phi) is 8.66. The normalized spacial score (nSPS) is 11.0. The quantitative estimate of drug-likeness (QED) is 0.355. The van der Waals surface area contributed by atoms with E-state index in [-0.39, 0.29) is 11.4 Å². The molecule has 2 aromatic carbocycles. The van der Waals surface area contributed by atoms with Gasteiger partial charge in [0.2, 0.25) is 0 Å². The fourth-order valence-electron chi connectivity index (χ4n) is 2.29. The van der Waals surface area contributed by atoms with E-state index in [9.17, 15) is 14.4 Å². The number of carbonyl (C=O) groups excluding carboxylic acids is 1. The Morgan fingerprint density at radius 1 is 1.29 bits per heavy atom. The van der Waals surface area contributed by atoms with E-state index < -0.39 is 5.91 Å². The third kappa shape index (κ3) is 6.80. The van der Waals surface area contributed by atoms with E-state index in [1.165, 1.54) is 18.2 Å². The molecular weight excluding hydrogens is 427 g/mol. The lowest BCUT2D eigenvalue weighted by molar-refractivity contribution is -0.117. The van der Waals surface area contributed by atoms with Gasteiger partial charge >= 0.3 is 0 Å². The topological polar surface area (TPSA) is 71.3 Å². The van der Waals surface area contributed by atoms with Crippen LogP contribution < -0.4 is 10.1 Å². The van der Waals surface area contributed by atoms with Crippen molar-refractivity contribution >= 4 is 27.9 Å². The molecule has 1 amide bonds. The lowest BCUT2D eigenvalue weighted by Gasteiger charge is -2.09. The Balaban J connectivity index is 2.01. The lowest BCUT2D eigenvalue weighted by atomic mass is 10.1. The van der Waals surface area contributed by atoms with Crippen LogP contribution in [-0.2, 0) is 16.1 Å². The third-order valence-electron chi connectivity index (χ3n) is 3.75. The average Bonchev–Trinajstić information content (AvgIpc) is 2.70. The second kappa shape index (κ2) is 11.2. The van der Waals surface area contributed by atoms with Gasteiger partial charge in [0.1, 0.15) is 29.8 Å². The highest BCUT2D eigenvalue weighted by Gasteiger charge is 2.09. The number of nitrogens with one attached hydrogen (secondary N) is 1. The fourth-order valence-corrected chi connectivity index (χ4v) is 2.81. The first-order chi connectivity index (χ1) is 13.5. The number of benzene rings is 2. The molecule has 0 aliphatic carbocycles. The number of hydrogen-bond donors (Lipinski definition) is 1. The lowest BCUT2D eigenvalue weighted by Crippen LogP contribution is -2.26. The number of ether oxygens (including phenoxy) is 2. The van der Waals surface area contributed by atoms with Crippen LogP contribution in [0, 0.1) is 17.1 Å². The molecule has 0 unspecified atom stereocenters. The summed E-state index contributed by atoms with van der Waals surface area (Å²) in [6.45, 7) is 1.27. The molecular formula is C21H20BrFN2O3. The summed E-state index contributed by atoms with van der Waals surface area (Å²) in [7, 11) is 1.59. The maximum Gasteiger partial charge on any atom is 0.261 e. The van der Waals surface area contributed by atoms with Crippen LogP contribution in [0.1, 0.15) is 17.5 Å². The minimum Gasteiger partial charge on any atom is -0.488 e. The molecule has 0 aliphatic rings. The number of methoxy groups -OCH3 is 1. The van der Waals surface area contributed by atoms with Crippen molar-refractivity contribution in [3.63, 3.8) is 0 Å². The van der Waals surface area contributed by atoms with Gasteiger partial charge in [0.15, 0.2) is 0 Å². The van der Waals surface area contributed by atoms with E-state index in [0.29, 0.717) is 42.0 Å². The first-order valence-corrected chi connectivity index (χ1v) is 9.38. The van der Waals surface area contributed by atoms with Gasteiger partial charge in [0.05, 0.1) is 4.47 Å². The second-order valence-corrected chi connectivity index (χ2v) is 6.73. The molecule has 0 aliphatic heterocycles. The highest BCUT2D eigenvalue weighted by molar-refractivity contribution is 9.10. The molecule has 2 rings (SSSR count). The summed E-state index contributed by atoms with van der Waals surface area (Å²) >= 11 is 3.43. The predicted molar refractivity (Wildman–Crippen MR) is 108 cm³/mol. The number of nitrogens with zero attached hydrogens (tertiary/aromatic N) is 1. The number of amides is 1. The number of rotatable bonds is 9. The van der Waals surface area contributed by atoms with Crippen molar-refractivity contribution in [2.75, 3.05) is 20.3 Å². The summed E-state index contributed by atoms with van der Waals surface area (Å²) < 4.78 is 24.3. The minimum absolute atomic E-state index is 0.0179. The number of carbonyl (C=O) groups is 1. The van der Waals surface area contributed by atoms with Gasteiger partial charge < -0.3 is 14.8 Å². The van der Waals surface area contributed by atoms with E-state index in [1.54, 1.807) is 37.4 Å². The summed E-state index contributed by atoms with van der Waals surface area (Å²) in [5.74, 6) is -0.118. The van der Waals surface area contributed by atoms with Crippen LogP contribution in [0.4, 0.5) is 4.39 Å². The summed E-state index contributed by atoms with van der Waals surface area (Å²) in [5.41, 5.74) is 1.54. The first-order valence-electron chi connectivity index (χ1n) is 8.59. The Hall–Kier alpha value is -2.69. The van der Waals surface area contributed by atoms with Crippen LogP contribution in [0.3, 0.4) is 0 Å². The second-order valence-electron chi connectivity index (χ2n) is 5.88. The largest absolute Gasteiger partial charge is 0.488 e. The van der Waals surface area contributed by atoms with Crippen LogP contribution >= 0.6 is 15.9 Å². The van der Waals surface area contributed by atoms with Gasteiger partial charge in [0, 0.05) is 20.3 Å². The maximum atomic E-state index is 12.9. The van der Waals surface area contributed by atoms with E-state index in [1.807, 2.05) is 6.07 Å². The van der Waals surface area contributed by atoms with E-state index in [0.717, 1.165) is 5.56 Å². The molecule has 0 aromatic heterocycles. The van der Waals surface area contributed by atoms with Crippen molar-refractivity contribution in [2.24, 2.45) is 0 Å². The van der Waals surface area contributed by atoms with Crippen molar-refractivity contribution < 1.29 is 18.7 Å². The van der Waals surface area contributed by atoms with Gasteiger partial charge in [-0.1, -0.05) is 18.2 Å². The van der Waals surface area contributed by atoms with E-state index in [4.69, 9.17) is 9.47 Å². The summed E-state index contributed by atoms with van der Waals surface area (Å²) in [6.07, 6.45) is 2.19. The molecule has 2 aromatic rings. The molecule has 146 valence electrons. The van der Waals surface area contributed by atoms with Gasteiger partial charge in [0.25, 0.3) is 5.91 Å². The number of halogens is 2. The van der Waals surface area contributed by atoms with Crippen LogP contribution in [0.25, 0.3) is 6.08 Å². The molecule has 0 fully saturated rings. The van der Waals surface area contributed by atoms with Crippen molar-refractivity contribution in [1.82, 2.24) is 5.32 Å². The van der Waals surface area contributed by atoms with Gasteiger partial charge in [-0.2, -0.15) is 5.26 Å². The molecule has 7 heteroatoms. The number of hydrogen-bond acceptors (Lipinski definition) is 4. The van der Waals surface area contributed by atoms with Gasteiger partial charge in [-0.05, 0) is 63.8 Å². The fraction of sp³-hybridized carbons (Fsp3) is 0.238. The molecule has 0 atom stereocenters. The van der Waals surface area contributed by atoms with Crippen molar-refractivity contribution in [3.05, 3.63) is 69.5 Å². The zero-order valence-electron chi connectivity index (χ0n) is 15.4. The maximum absolute atomic E-state index is 12.9. The molecule has 0 radical (unpaired) electrons. The molecule has 0 saturated heterocycles. The zero-order chi connectivity index (χ0) is 20.4. The minimum atomic E-state index is -0.425. The Morgan fingerprint density at radius 3 is 2.68 bits per heavy atom.